The maximum absolute atomic E-state index is 13.1. The number of aliphatic hydroxyl groups is 2. The number of carbonyl (C=O) groups excluding carboxylic acids is 1. The zero-order chi connectivity index (χ0) is 20.8. The number of thiophene rings is 2. The van der Waals surface area contributed by atoms with Gasteiger partial charge in [0.25, 0.3) is 0 Å². The van der Waals surface area contributed by atoms with E-state index in [1.54, 1.807) is 19.1 Å². The Morgan fingerprint density at radius 3 is 2.03 bits per heavy atom. The van der Waals surface area contributed by atoms with Crippen molar-refractivity contribution in [2.24, 2.45) is 0 Å². The number of nitrogens with zero attached hydrogens (tertiary/aromatic N) is 1. The van der Waals surface area contributed by atoms with E-state index in [9.17, 15) is 9.90 Å². The highest BCUT2D eigenvalue weighted by Crippen LogP contribution is 2.52. The minimum atomic E-state index is -1.72. The van der Waals surface area contributed by atoms with Crippen LogP contribution >= 0.6 is 22.7 Å². The number of epoxide rings is 1. The van der Waals surface area contributed by atoms with Crippen molar-refractivity contribution in [3.63, 3.8) is 0 Å². The number of ether oxygens (including phenoxy) is 2. The third-order valence-electron chi connectivity index (χ3n) is 6.36. The summed E-state index contributed by atoms with van der Waals surface area (Å²) in [7, 11) is 4.49. The van der Waals surface area contributed by atoms with Crippen molar-refractivity contribution in [2.45, 2.75) is 55.8 Å². The molecule has 0 radical (unpaired) electrons. The Morgan fingerprint density at radius 1 is 1.17 bits per heavy atom. The molecule has 5 rings (SSSR count). The number of esters is 1. The second-order valence-electron chi connectivity index (χ2n) is 8.31. The highest BCUT2D eigenvalue weighted by atomic mass is 79.9. The molecule has 9 heteroatoms. The van der Waals surface area contributed by atoms with Gasteiger partial charge in [-0.1, -0.05) is 12.1 Å². The monoisotopic (exact) mass is 517 g/mol. The smallest absolute Gasteiger partial charge is 0.349 e. The number of aliphatic hydroxyl groups excluding tert-OH is 1. The van der Waals surface area contributed by atoms with Crippen molar-refractivity contribution in [3.05, 3.63) is 44.8 Å². The molecule has 0 unspecified atom stereocenters. The number of hydrogen-bond donors (Lipinski definition) is 2. The van der Waals surface area contributed by atoms with Crippen LogP contribution in [-0.2, 0) is 19.9 Å². The van der Waals surface area contributed by atoms with Crippen LogP contribution in [0.4, 0.5) is 0 Å². The predicted octanol–water partition coefficient (Wildman–Crippen LogP) is -0.652. The fourth-order valence-electron chi connectivity index (χ4n) is 4.83. The minimum Gasteiger partial charge on any atom is -1.00 e. The van der Waals surface area contributed by atoms with Crippen LogP contribution in [0, 0.1) is 0 Å². The average Bonchev–Trinajstić information content (AvgIpc) is 3.04. The van der Waals surface area contributed by atoms with Crippen molar-refractivity contribution in [1.82, 2.24) is 0 Å². The number of fused-ring (bicyclic) bond motifs is 5. The van der Waals surface area contributed by atoms with Gasteiger partial charge in [0.15, 0.2) is 0 Å². The average molecular weight is 518 g/mol. The minimum absolute atomic E-state index is 0. The van der Waals surface area contributed by atoms with Crippen LogP contribution in [0.25, 0.3) is 0 Å². The molecule has 166 valence electrons. The fraction of sp³-hybridized carbons (Fsp3) is 0.571. The molecule has 0 aromatic carbocycles. The summed E-state index contributed by atoms with van der Waals surface area (Å²) in [5.74, 6) is -0.561. The Hall–Kier alpha value is -0.810. The molecule has 3 saturated heterocycles. The molecule has 3 aliphatic heterocycles. The fourth-order valence-corrected chi connectivity index (χ4v) is 6.54. The van der Waals surface area contributed by atoms with Gasteiger partial charge in [0.05, 0.1) is 23.8 Å². The van der Waals surface area contributed by atoms with Gasteiger partial charge in [0, 0.05) is 19.4 Å². The van der Waals surface area contributed by atoms with E-state index in [1.165, 1.54) is 22.7 Å². The van der Waals surface area contributed by atoms with Gasteiger partial charge in [-0.2, -0.15) is 0 Å². The van der Waals surface area contributed by atoms with Crippen LogP contribution in [0.2, 0.25) is 0 Å². The number of quaternary nitrogens is 1. The molecule has 30 heavy (non-hydrogen) atoms. The first-order chi connectivity index (χ1) is 13.8. The first kappa shape index (κ1) is 23.8. The van der Waals surface area contributed by atoms with Crippen LogP contribution in [0.5, 0.6) is 0 Å². The highest BCUT2D eigenvalue weighted by Gasteiger charge is 2.71. The van der Waals surface area contributed by atoms with Crippen molar-refractivity contribution in [2.75, 3.05) is 20.7 Å². The van der Waals surface area contributed by atoms with Gasteiger partial charge < -0.3 is 41.2 Å². The van der Waals surface area contributed by atoms with Gasteiger partial charge >= 0.3 is 5.97 Å². The Kier molecular flexibility index (Phi) is 7.13. The topological polar surface area (TPSA) is 79.3 Å². The first-order valence-corrected chi connectivity index (χ1v) is 11.7. The molecular formula is C21H28BrNO5S2. The van der Waals surface area contributed by atoms with E-state index in [0.29, 0.717) is 34.0 Å². The molecule has 0 saturated carbocycles. The zero-order valence-corrected chi connectivity index (χ0v) is 20.5. The lowest BCUT2D eigenvalue weighted by molar-refractivity contribution is -0.938. The number of piperidine rings is 1. The van der Waals surface area contributed by atoms with Crippen molar-refractivity contribution in [1.29, 1.82) is 0 Å². The zero-order valence-electron chi connectivity index (χ0n) is 17.2. The molecule has 0 spiro atoms. The molecule has 3 fully saturated rings. The number of carbonyl (C=O) groups is 1. The first-order valence-electron chi connectivity index (χ1n) is 9.95. The summed E-state index contributed by atoms with van der Waals surface area (Å²) in [4.78, 5) is 14.3. The summed E-state index contributed by atoms with van der Waals surface area (Å²) in [5, 5.41) is 22.7. The lowest BCUT2D eigenvalue weighted by atomic mass is 9.95. The predicted molar refractivity (Wildman–Crippen MR) is 112 cm³/mol. The van der Waals surface area contributed by atoms with Crippen LogP contribution in [-0.4, -0.2) is 71.8 Å². The molecule has 2 N–H and O–H groups in total. The summed E-state index contributed by atoms with van der Waals surface area (Å²) < 4.78 is 12.6. The van der Waals surface area contributed by atoms with Gasteiger partial charge in [0.1, 0.15) is 30.4 Å². The maximum atomic E-state index is 13.1. The van der Waals surface area contributed by atoms with Gasteiger partial charge in [-0.3, -0.25) is 0 Å². The van der Waals surface area contributed by atoms with Gasteiger partial charge in [-0.15, -0.1) is 22.7 Å². The number of morpholine rings is 1. The number of rotatable bonds is 4. The summed E-state index contributed by atoms with van der Waals surface area (Å²) in [6.45, 7) is 1.93. The largest absolute Gasteiger partial charge is 1.00 e. The van der Waals surface area contributed by atoms with E-state index in [0.717, 1.165) is 17.3 Å². The lowest BCUT2D eigenvalue weighted by Gasteiger charge is -2.45. The highest BCUT2D eigenvalue weighted by molar-refractivity contribution is 7.12. The van der Waals surface area contributed by atoms with Crippen molar-refractivity contribution >= 4 is 28.6 Å². The van der Waals surface area contributed by atoms with Crippen molar-refractivity contribution < 1.29 is 45.9 Å². The normalized spacial score (nSPS) is 30.4. The van der Waals surface area contributed by atoms with Crippen LogP contribution in [0.3, 0.4) is 0 Å². The molecule has 2 bridgehead atoms. The summed E-state index contributed by atoms with van der Waals surface area (Å²) in [6.07, 6.45) is 2.05. The molecule has 0 amide bonds. The second-order valence-corrected chi connectivity index (χ2v) is 10.2. The Bertz CT molecular complexity index is 787. The molecule has 3 aliphatic rings. The number of hydrogen-bond acceptors (Lipinski definition) is 7. The maximum Gasteiger partial charge on any atom is 0.349 e. The van der Waals surface area contributed by atoms with Crippen LogP contribution in [0.15, 0.2) is 35.0 Å². The van der Waals surface area contributed by atoms with Crippen molar-refractivity contribution in [3.8, 4) is 0 Å². The van der Waals surface area contributed by atoms with Crippen LogP contribution < -0.4 is 17.0 Å². The van der Waals surface area contributed by atoms with E-state index in [1.807, 2.05) is 22.9 Å². The van der Waals surface area contributed by atoms with E-state index >= 15 is 0 Å². The van der Waals surface area contributed by atoms with Gasteiger partial charge in [-0.25, -0.2) is 4.79 Å². The van der Waals surface area contributed by atoms with E-state index in [2.05, 4.69) is 14.1 Å². The Balaban J connectivity index is 0.000000606. The third-order valence-corrected chi connectivity index (χ3v) is 8.32. The number of likely N-dealkylation sites (N-methyl/N-ethyl adjacent to an activating group) is 1. The molecular weight excluding hydrogens is 490 g/mol. The third kappa shape index (κ3) is 3.90. The molecule has 6 nitrogen and oxygen atoms in total. The molecule has 5 atom stereocenters. The molecule has 5 heterocycles. The lowest BCUT2D eigenvalue weighted by Crippen LogP contribution is -3.00. The quantitative estimate of drug-likeness (QED) is 0.320. The van der Waals surface area contributed by atoms with Gasteiger partial charge in [0.2, 0.25) is 5.60 Å². The summed E-state index contributed by atoms with van der Waals surface area (Å²) >= 11 is 2.74. The van der Waals surface area contributed by atoms with E-state index < -0.39 is 11.6 Å². The van der Waals surface area contributed by atoms with Gasteiger partial charge in [-0.05, 0) is 29.8 Å². The Morgan fingerprint density at radius 2 is 1.63 bits per heavy atom. The standard InChI is InChI=1S/C19H22NO4S2.C2H6O.BrH/c1-20(2)12-9-11(10-13(20)17-16(12)24-17)23-18(21)19(22,14-5-3-7-25-14)15-6-4-8-26-15;1-2-3;/h3-8,11-13,16-17,22H,9-10H2,1-2H3;3H,2H2,1H3;1H/q+1;;/p-1/t11-,12-,13+,16-,17+;;. The molecule has 2 aromatic rings. The number of halogens is 1. The van der Waals surface area contributed by atoms with E-state index in [4.69, 9.17) is 14.6 Å². The second kappa shape index (κ2) is 8.97. The molecule has 0 aliphatic carbocycles. The van der Waals surface area contributed by atoms with Crippen LogP contribution in [0.1, 0.15) is 29.5 Å². The Labute approximate surface area is 195 Å². The molecule has 2 aromatic heterocycles. The SMILES string of the molecule is CCO.C[N+]1(C)[C@@H]2C[C@@H](OC(=O)C(O)(c3cccs3)c3cccs3)C[C@H]1[C@@H]1O[C@@H]12.[Br-]. The summed E-state index contributed by atoms with van der Waals surface area (Å²) in [6, 6.07) is 8.01. The summed E-state index contributed by atoms with van der Waals surface area (Å²) in [5.41, 5.74) is -1.72. The van der Waals surface area contributed by atoms with E-state index in [-0.39, 0.29) is 29.7 Å².